The van der Waals surface area contributed by atoms with Crippen LogP contribution in [0.3, 0.4) is 0 Å². The fourth-order valence-corrected chi connectivity index (χ4v) is 3.25. The predicted octanol–water partition coefficient (Wildman–Crippen LogP) is 3.49. The molecular formula is C12H19N5S2. The van der Waals surface area contributed by atoms with Gasteiger partial charge >= 0.3 is 0 Å². The van der Waals surface area contributed by atoms with Gasteiger partial charge in [0.2, 0.25) is 0 Å². The van der Waals surface area contributed by atoms with Crippen LogP contribution in [0.1, 0.15) is 33.7 Å². The first-order chi connectivity index (χ1) is 9.08. The van der Waals surface area contributed by atoms with Crippen LogP contribution >= 0.6 is 23.6 Å². The number of aromatic amines is 1. The second kappa shape index (κ2) is 5.83. The van der Waals surface area contributed by atoms with Crippen LogP contribution in [0.4, 0.5) is 5.13 Å². The highest BCUT2D eigenvalue weighted by Gasteiger charge is 2.16. The zero-order chi connectivity index (χ0) is 14.0. The monoisotopic (exact) mass is 297 g/mol. The molecule has 2 aromatic rings. The van der Waals surface area contributed by atoms with Crippen molar-refractivity contribution in [3.63, 3.8) is 0 Å². The maximum absolute atomic E-state index is 5.26. The van der Waals surface area contributed by atoms with Crippen molar-refractivity contribution in [1.29, 1.82) is 0 Å². The van der Waals surface area contributed by atoms with E-state index in [4.69, 9.17) is 12.2 Å². The van der Waals surface area contributed by atoms with Crippen LogP contribution in [0.15, 0.2) is 5.38 Å². The van der Waals surface area contributed by atoms with E-state index in [0.717, 1.165) is 29.7 Å². The second-order valence-corrected chi connectivity index (χ2v) is 5.73. The summed E-state index contributed by atoms with van der Waals surface area (Å²) in [6.07, 6.45) is 0. The molecule has 0 aliphatic heterocycles. The molecule has 0 aliphatic carbocycles. The van der Waals surface area contributed by atoms with Crippen molar-refractivity contribution >= 4 is 28.7 Å². The standard InChI is InChI=1S/C12H19N5S2/c1-5-16(6-2)12-13-9(7-19-12)10-14-15-11(18)17(10)8(3)4/h7-8H,5-6H2,1-4H3,(H,15,18). The van der Waals surface area contributed by atoms with Crippen molar-refractivity contribution in [3.05, 3.63) is 10.2 Å². The predicted molar refractivity (Wildman–Crippen MR) is 82.5 cm³/mol. The highest BCUT2D eigenvalue weighted by molar-refractivity contribution is 7.71. The van der Waals surface area contributed by atoms with E-state index in [0.29, 0.717) is 4.77 Å². The van der Waals surface area contributed by atoms with Gasteiger partial charge in [0.25, 0.3) is 0 Å². The summed E-state index contributed by atoms with van der Waals surface area (Å²) in [7, 11) is 0. The molecule has 1 N–H and O–H groups in total. The molecule has 2 rings (SSSR count). The van der Waals surface area contributed by atoms with E-state index in [1.807, 2.05) is 9.95 Å². The zero-order valence-corrected chi connectivity index (χ0v) is 13.3. The van der Waals surface area contributed by atoms with Gasteiger partial charge in [-0.05, 0) is 39.9 Å². The van der Waals surface area contributed by atoms with Crippen molar-refractivity contribution in [1.82, 2.24) is 19.7 Å². The third kappa shape index (κ3) is 2.71. The number of hydrogen-bond donors (Lipinski definition) is 1. The van der Waals surface area contributed by atoms with Gasteiger partial charge in [-0.2, -0.15) is 5.10 Å². The third-order valence-electron chi connectivity index (χ3n) is 2.98. The maximum Gasteiger partial charge on any atom is 0.195 e. The number of aromatic nitrogens is 4. The molecule has 0 aliphatic rings. The molecule has 5 nitrogen and oxygen atoms in total. The Hall–Kier alpha value is -1.21. The van der Waals surface area contributed by atoms with Gasteiger partial charge < -0.3 is 4.90 Å². The maximum atomic E-state index is 5.26. The van der Waals surface area contributed by atoms with Crippen LogP contribution < -0.4 is 4.90 Å². The van der Waals surface area contributed by atoms with Crippen LogP contribution in [0, 0.1) is 4.77 Å². The van der Waals surface area contributed by atoms with E-state index in [9.17, 15) is 0 Å². The number of anilines is 1. The molecule has 0 unspecified atom stereocenters. The Kier molecular flexibility index (Phi) is 4.36. The summed E-state index contributed by atoms with van der Waals surface area (Å²) in [5, 5.41) is 10.2. The molecule has 0 bridgehead atoms. The lowest BCUT2D eigenvalue weighted by molar-refractivity contribution is 0.596. The minimum absolute atomic E-state index is 0.264. The van der Waals surface area contributed by atoms with Crippen molar-refractivity contribution in [2.75, 3.05) is 18.0 Å². The molecule has 0 amide bonds. The van der Waals surface area contributed by atoms with Crippen LogP contribution in [0.5, 0.6) is 0 Å². The van der Waals surface area contributed by atoms with Gasteiger partial charge in [0.15, 0.2) is 15.7 Å². The molecule has 19 heavy (non-hydrogen) atoms. The molecule has 0 atom stereocenters. The van der Waals surface area contributed by atoms with Gasteiger partial charge in [0.1, 0.15) is 5.69 Å². The summed E-state index contributed by atoms with van der Waals surface area (Å²) in [5.74, 6) is 0.814. The van der Waals surface area contributed by atoms with Crippen molar-refractivity contribution in [2.24, 2.45) is 0 Å². The lowest BCUT2D eigenvalue weighted by Crippen LogP contribution is -2.21. The molecule has 104 valence electrons. The lowest BCUT2D eigenvalue weighted by atomic mass is 10.3. The van der Waals surface area contributed by atoms with Gasteiger partial charge in [-0.1, -0.05) is 0 Å². The van der Waals surface area contributed by atoms with Gasteiger partial charge in [0, 0.05) is 24.5 Å². The van der Waals surface area contributed by atoms with Gasteiger partial charge in [-0.15, -0.1) is 11.3 Å². The first-order valence-electron chi connectivity index (χ1n) is 6.46. The minimum atomic E-state index is 0.264. The summed E-state index contributed by atoms with van der Waals surface area (Å²) in [6, 6.07) is 0.264. The summed E-state index contributed by atoms with van der Waals surface area (Å²) in [5.41, 5.74) is 0.882. The molecule has 0 fully saturated rings. The van der Waals surface area contributed by atoms with Crippen LogP contribution in [0.25, 0.3) is 11.5 Å². The van der Waals surface area contributed by atoms with Crippen molar-refractivity contribution < 1.29 is 0 Å². The highest BCUT2D eigenvalue weighted by atomic mass is 32.1. The Morgan fingerprint density at radius 3 is 2.68 bits per heavy atom. The molecule has 2 aromatic heterocycles. The number of hydrogen-bond acceptors (Lipinski definition) is 5. The third-order valence-corrected chi connectivity index (χ3v) is 4.17. The topological polar surface area (TPSA) is 49.7 Å². The number of rotatable bonds is 5. The Labute approximate surface area is 122 Å². The average Bonchev–Trinajstić information content (AvgIpc) is 2.97. The largest absolute Gasteiger partial charge is 0.349 e. The zero-order valence-electron chi connectivity index (χ0n) is 11.7. The van der Waals surface area contributed by atoms with Gasteiger partial charge in [-0.25, -0.2) is 4.98 Å². The smallest absolute Gasteiger partial charge is 0.195 e. The van der Waals surface area contributed by atoms with Crippen molar-refractivity contribution in [3.8, 4) is 11.5 Å². The number of nitrogens with zero attached hydrogens (tertiary/aromatic N) is 4. The Balaban J connectivity index is 2.41. The Morgan fingerprint density at radius 1 is 1.42 bits per heavy atom. The summed E-state index contributed by atoms with van der Waals surface area (Å²) in [4.78, 5) is 6.90. The van der Waals surface area contributed by atoms with Crippen LogP contribution in [-0.2, 0) is 0 Å². The van der Waals surface area contributed by atoms with Crippen molar-refractivity contribution in [2.45, 2.75) is 33.7 Å². The van der Waals surface area contributed by atoms with Crippen LogP contribution in [-0.4, -0.2) is 32.8 Å². The fraction of sp³-hybridized carbons (Fsp3) is 0.583. The first kappa shape index (κ1) is 14.2. The summed E-state index contributed by atoms with van der Waals surface area (Å²) in [6.45, 7) is 10.4. The average molecular weight is 297 g/mol. The highest BCUT2D eigenvalue weighted by Crippen LogP contribution is 2.27. The second-order valence-electron chi connectivity index (χ2n) is 4.50. The first-order valence-corrected chi connectivity index (χ1v) is 7.75. The van der Waals surface area contributed by atoms with Crippen LogP contribution in [0.2, 0.25) is 0 Å². The molecule has 0 saturated heterocycles. The number of thiazole rings is 1. The SMILES string of the molecule is CCN(CC)c1nc(-c2n[nH]c(=S)n2C(C)C)cs1. The van der Waals surface area contributed by atoms with Gasteiger partial charge in [0.05, 0.1) is 0 Å². The van der Waals surface area contributed by atoms with E-state index in [-0.39, 0.29) is 6.04 Å². The van der Waals surface area contributed by atoms with Gasteiger partial charge in [-0.3, -0.25) is 9.67 Å². The minimum Gasteiger partial charge on any atom is -0.349 e. The molecular weight excluding hydrogens is 278 g/mol. The fourth-order valence-electron chi connectivity index (χ4n) is 1.97. The van der Waals surface area contributed by atoms with E-state index in [1.54, 1.807) is 11.3 Å². The summed E-state index contributed by atoms with van der Waals surface area (Å²) >= 11 is 6.91. The van der Waals surface area contributed by atoms with E-state index < -0.39 is 0 Å². The molecule has 0 spiro atoms. The molecule has 0 saturated carbocycles. The number of nitrogens with one attached hydrogen (secondary N) is 1. The quantitative estimate of drug-likeness (QED) is 0.858. The number of H-pyrrole nitrogens is 1. The van der Waals surface area contributed by atoms with E-state index in [2.05, 4.69) is 47.8 Å². The molecule has 0 radical (unpaired) electrons. The Morgan fingerprint density at radius 2 is 2.11 bits per heavy atom. The van der Waals surface area contributed by atoms with E-state index >= 15 is 0 Å². The lowest BCUT2D eigenvalue weighted by Gasteiger charge is -2.16. The normalized spacial score (nSPS) is 11.2. The summed E-state index contributed by atoms with van der Waals surface area (Å²) < 4.78 is 2.64. The molecule has 2 heterocycles. The molecule has 0 aromatic carbocycles. The van der Waals surface area contributed by atoms with E-state index in [1.165, 1.54) is 0 Å². The Bertz CT molecular complexity index is 591. The molecule has 7 heteroatoms.